The lowest BCUT2D eigenvalue weighted by molar-refractivity contribution is -0.122. The number of carbonyl (C=O) groups is 2. The molecule has 0 saturated carbocycles. The van der Waals surface area contributed by atoms with Crippen molar-refractivity contribution in [1.29, 1.82) is 0 Å². The molecule has 0 bridgehead atoms. The molecule has 3 heterocycles. The zero-order chi connectivity index (χ0) is 18.5. The first-order valence-corrected chi connectivity index (χ1v) is 9.19. The van der Waals surface area contributed by atoms with Crippen LogP contribution in [0.2, 0.25) is 0 Å². The first-order chi connectivity index (χ1) is 13.1. The standard InChI is InChI=1S/C20H19N5O2/c1-12(19(26)21-11-17-23-22-16-9-4-10-24(16)17)25-15-8-3-6-13-5-2-7-14(18(13)15)20(25)27/h2-3,5-8,12H,4,9-11H2,1H3,(H,21,26)/t12-/m1/s1. The van der Waals surface area contributed by atoms with Gasteiger partial charge in [0.05, 0.1) is 12.2 Å². The molecule has 2 amide bonds. The largest absolute Gasteiger partial charge is 0.347 e. The monoisotopic (exact) mass is 361 g/mol. The van der Waals surface area contributed by atoms with Crippen LogP contribution in [0.25, 0.3) is 10.8 Å². The number of aryl methyl sites for hydroxylation is 1. The van der Waals surface area contributed by atoms with Gasteiger partial charge in [-0.05, 0) is 30.9 Å². The number of benzene rings is 2. The Morgan fingerprint density at radius 3 is 2.89 bits per heavy atom. The number of fused-ring (bicyclic) bond motifs is 1. The van der Waals surface area contributed by atoms with E-state index in [0.29, 0.717) is 12.1 Å². The average molecular weight is 361 g/mol. The zero-order valence-corrected chi connectivity index (χ0v) is 15.0. The first-order valence-electron chi connectivity index (χ1n) is 9.19. The van der Waals surface area contributed by atoms with Gasteiger partial charge in [0, 0.05) is 23.9 Å². The molecule has 5 rings (SSSR count). The van der Waals surface area contributed by atoms with Crippen molar-refractivity contribution in [3.05, 3.63) is 53.6 Å². The topological polar surface area (TPSA) is 80.1 Å². The molecular weight excluding hydrogens is 342 g/mol. The van der Waals surface area contributed by atoms with E-state index in [4.69, 9.17) is 0 Å². The Balaban J connectivity index is 1.38. The molecule has 0 aliphatic carbocycles. The number of anilines is 1. The quantitative estimate of drug-likeness (QED) is 0.771. The summed E-state index contributed by atoms with van der Waals surface area (Å²) in [7, 11) is 0. The molecule has 0 radical (unpaired) electrons. The van der Waals surface area contributed by atoms with Crippen molar-refractivity contribution in [2.24, 2.45) is 0 Å². The van der Waals surface area contributed by atoms with Crippen molar-refractivity contribution in [2.75, 3.05) is 4.90 Å². The summed E-state index contributed by atoms with van der Waals surface area (Å²) in [6, 6.07) is 10.9. The Morgan fingerprint density at radius 1 is 1.22 bits per heavy atom. The lowest BCUT2D eigenvalue weighted by atomic mass is 10.1. The molecule has 1 N–H and O–H groups in total. The first kappa shape index (κ1) is 16.0. The van der Waals surface area contributed by atoms with Crippen LogP contribution in [0.5, 0.6) is 0 Å². The molecule has 2 aliphatic rings. The van der Waals surface area contributed by atoms with E-state index in [0.717, 1.165) is 47.5 Å². The van der Waals surface area contributed by atoms with E-state index in [1.54, 1.807) is 11.8 Å². The third-order valence-corrected chi connectivity index (χ3v) is 5.47. The van der Waals surface area contributed by atoms with E-state index in [1.165, 1.54) is 0 Å². The predicted octanol–water partition coefficient (Wildman–Crippen LogP) is 2.04. The molecule has 136 valence electrons. The predicted molar refractivity (Wildman–Crippen MR) is 100 cm³/mol. The summed E-state index contributed by atoms with van der Waals surface area (Å²) in [5.41, 5.74) is 1.44. The van der Waals surface area contributed by atoms with Crippen LogP contribution in [0.4, 0.5) is 5.69 Å². The summed E-state index contributed by atoms with van der Waals surface area (Å²) in [6.07, 6.45) is 1.99. The second kappa shape index (κ2) is 5.90. The smallest absolute Gasteiger partial charge is 0.259 e. The summed E-state index contributed by atoms with van der Waals surface area (Å²) >= 11 is 0. The van der Waals surface area contributed by atoms with Gasteiger partial charge in [-0.25, -0.2) is 0 Å². The molecule has 7 nitrogen and oxygen atoms in total. The number of amides is 2. The number of hydrogen-bond donors (Lipinski definition) is 1. The van der Waals surface area contributed by atoms with Crippen LogP contribution in [0, 0.1) is 0 Å². The number of nitrogens with one attached hydrogen (secondary N) is 1. The van der Waals surface area contributed by atoms with Crippen LogP contribution in [0.3, 0.4) is 0 Å². The lowest BCUT2D eigenvalue weighted by Crippen LogP contribution is -2.46. The van der Waals surface area contributed by atoms with Crippen LogP contribution in [-0.2, 0) is 24.3 Å². The summed E-state index contributed by atoms with van der Waals surface area (Å²) in [4.78, 5) is 27.3. The Bertz CT molecular complexity index is 1080. The van der Waals surface area contributed by atoms with Crippen molar-refractivity contribution in [1.82, 2.24) is 20.1 Å². The molecule has 0 saturated heterocycles. The van der Waals surface area contributed by atoms with Crippen molar-refractivity contribution < 1.29 is 9.59 Å². The molecule has 2 aliphatic heterocycles. The number of rotatable bonds is 4. The third-order valence-electron chi connectivity index (χ3n) is 5.47. The summed E-state index contributed by atoms with van der Waals surface area (Å²) in [6.45, 7) is 2.96. The molecule has 0 fully saturated rings. The van der Waals surface area contributed by atoms with Crippen molar-refractivity contribution >= 4 is 28.3 Å². The van der Waals surface area contributed by atoms with E-state index in [9.17, 15) is 9.59 Å². The van der Waals surface area contributed by atoms with Crippen LogP contribution in [0.1, 0.15) is 35.4 Å². The summed E-state index contributed by atoms with van der Waals surface area (Å²) in [5.74, 6) is 1.40. The molecule has 3 aromatic rings. The Kier molecular flexibility index (Phi) is 3.50. The summed E-state index contributed by atoms with van der Waals surface area (Å²) in [5, 5.41) is 13.2. The molecular formula is C20H19N5O2. The van der Waals surface area contributed by atoms with Crippen LogP contribution < -0.4 is 10.2 Å². The van der Waals surface area contributed by atoms with E-state index in [-0.39, 0.29) is 11.8 Å². The molecule has 0 unspecified atom stereocenters. The maximum Gasteiger partial charge on any atom is 0.259 e. The highest BCUT2D eigenvalue weighted by molar-refractivity contribution is 6.26. The molecule has 7 heteroatoms. The number of aromatic nitrogens is 3. The van der Waals surface area contributed by atoms with Crippen molar-refractivity contribution in [2.45, 2.75) is 38.9 Å². The van der Waals surface area contributed by atoms with Gasteiger partial charge in [-0.2, -0.15) is 0 Å². The van der Waals surface area contributed by atoms with Gasteiger partial charge in [0.15, 0.2) is 5.82 Å². The van der Waals surface area contributed by atoms with Crippen molar-refractivity contribution in [3.8, 4) is 0 Å². The number of nitrogens with zero attached hydrogens (tertiary/aromatic N) is 4. The van der Waals surface area contributed by atoms with Gasteiger partial charge in [-0.3, -0.25) is 14.5 Å². The Morgan fingerprint density at radius 2 is 2.04 bits per heavy atom. The van der Waals surface area contributed by atoms with Crippen LogP contribution >= 0.6 is 0 Å². The van der Waals surface area contributed by atoms with Crippen LogP contribution in [-0.4, -0.2) is 32.6 Å². The SMILES string of the molecule is C[C@H](C(=O)NCc1nnc2n1CCC2)N1C(=O)c2cccc3cccc1c23. The van der Waals surface area contributed by atoms with Crippen LogP contribution in [0.15, 0.2) is 36.4 Å². The highest BCUT2D eigenvalue weighted by Crippen LogP contribution is 2.38. The minimum absolute atomic E-state index is 0.132. The highest BCUT2D eigenvalue weighted by atomic mass is 16.2. The molecule has 1 atom stereocenters. The molecule has 27 heavy (non-hydrogen) atoms. The fourth-order valence-electron chi connectivity index (χ4n) is 4.10. The Labute approximate surface area is 156 Å². The lowest BCUT2D eigenvalue weighted by Gasteiger charge is -2.24. The fourth-order valence-corrected chi connectivity index (χ4v) is 4.10. The maximum atomic E-state index is 12.9. The molecule has 1 aromatic heterocycles. The average Bonchev–Trinajstić information content (AvgIpc) is 3.36. The van der Waals surface area contributed by atoms with Crippen molar-refractivity contribution in [3.63, 3.8) is 0 Å². The van der Waals surface area contributed by atoms with E-state index in [2.05, 4.69) is 20.1 Å². The van der Waals surface area contributed by atoms with Gasteiger partial charge < -0.3 is 9.88 Å². The zero-order valence-electron chi connectivity index (χ0n) is 15.0. The second-order valence-corrected chi connectivity index (χ2v) is 7.04. The molecule has 2 aromatic carbocycles. The Hall–Kier alpha value is -3.22. The highest BCUT2D eigenvalue weighted by Gasteiger charge is 2.35. The van der Waals surface area contributed by atoms with Gasteiger partial charge in [0.1, 0.15) is 11.9 Å². The third kappa shape index (κ3) is 2.34. The fraction of sp³-hybridized carbons (Fsp3) is 0.300. The van der Waals surface area contributed by atoms with E-state index in [1.807, 2.05) is 36.4 Å². The van der Waals surface area contributed by atoms with Gasteiger partial charge in [-0.15, -0.1) is 10.2 Å². The second-order valence-electron chi connectivity index (χ2n) is 7.04. The normalized spacial score (nSPS) is 16.0. The van der Waals surface area contributed by atoms with E-state index < -0.39 is 6.04 Å². The number of carbonyl (C=O) groups excluding carboxylic acids is 2. The van der Waals surface area contributed by atoms with Gasteiger partial charge in [0.25, 0.3) is 5.91 Å². The van der Waals surface area contributed by atoms with Gasteiger partial charge in [-0.1, -0.05) is 24.3 Å². The van der Waals surface area contributed by atoms with Gasteiger partial charge in [0.2, 0.25) is 5.91 Å². The maximum absolute atomic E-state index is 12.9. The van der Waals surface area contributed by atoms with Gasteiger partial charge >= 0.3 is 0 Å². The minimum atomic E-state index is -0.614. The minimum Gasteiger partial charge on any atom is -0.347 e. The number of hydrogen-bond acceptors (Lipinski definition) is 4. The van der Waals surface area contributed by atoms with E-state index >= 15 is 0 Å². The summed E-state index contributed by atoms with van der Waals surface area (Å²) < 4.78 is 2.06. The molecule has 0 spiro atoms.